The van der Waals surface area contributed by atoms with Crippen molar-refractivity contribution in [1.82, 2.24) is 4.98 Å². The van der Waals surface area contributed by atoms with Gasteiger partial charge in [-0.05, 0) is 53.6 Å². The molecule has 0 saturated heterocycles. The van der Waals surface area contributed by atoms with Crippen LogP contribution in [0.25, 0.3) is 0 Å². The van der Waals surface area contributed by atoms with E-state index in [-0.39, 0.29) is 11.8 Å². The summed E-state index contributed by atoms with van der Waals surface area (Å²) in [6.07, 6.45) is 3.50. The molecule has 0 amide bonds. The third-order valence-corrected chi connectivity index (χ3v) is 3.36. The number of benzene rings is 2. The fourth-order valence-electron chi connectivity index (χ4n) is 2.15. The largest absolute Gasteiger partial charge is 0.508 e. The van der Waals surface area contributed by atoms with Crippen LogP contribution in [0.15, 0.2) is 73.1 Å². The molecule has 110 valence electrons. The minimum atomic E-state index is -0.212. The summed E-state index contributed by atoms with van der Waals surface area (Å²) in [5, 5.41) is 9.25. The SMILES string of the molecule is NC(c1ccc(Oc2ccc(O)cc2)cc1)c1cccnc1. The van der Waals surface area contributed by atoms with Crippen LogP contribution in [0, 0.1) is 0 Å². The number of phenols is 1. The second-order valence-corrected chi connectivity index (χ2v) is 4.93. The Morgan fingerprint density at radius 3 is 2.09 bits per heavy atom. The third kappa shape index (κ3) is 3.24. The van der Waals surface area contributed by atoms with Crippen LogP contribution < -0.4 is 10.5 Å². The number of aromatic nitrogens is 1. The maximum absolute atomic E-state index is 9.25. The molecule has 0 aliphatic carbocycles. The summed E-state index contributed by atoms with van der Waals surface area (Å²) in [4.78, 5) is 4.09. The number of nitrogens with two attached hydrogens (primary N) is 1. The van der Waals surface area contributed by atoms with Gasteiger partial charge in [0.1, 0.15) is 17.2 Å². The van der Waals surface area contributed by atoms with Gasteiger partial charge < -0.3 is 15.6 Å². The van der Waals surface area contributed by atoms with Crippen LogP contribution in [0.1, 0.15) is 17.2 Å². The van der Waals surface area contributed by atoms with E-state index in [9.17, 15) is 5.11 Å². The topological polar surface area (TPSA) is 68.4 Å². The van der Waals surface area contributed by atoms with Gasteiger partial charge in [0.2, 0.25) is 0 Å². The van der Waals surface area contributed by atoms with E-state index in [0.29, 0.717) is 11.5 Å². The van der Waals surface area contributed by atoms with Crippen LogP contribution >= 0.6 is 0 Å². The molecule has 0 saturated carbocycles. The number of hydrogen-bond acceptors (Lipinski definition) is 4. The lowest BCUT2D eigenvalue weighted by atomic mass is 10.0. The zero-order chi connectivity index (χ0) is 15.4. The van der Waals surface area contributed by atoms with Crippen molar-refractivity contribution in [2.45, 2.75) is 6.04 Å². The average Bonchev–Trinajstić information content (AvgIpc) is 2.58. The van der Waals surface area contributed by atoms with E-state index in [2.05, 4.69) is 4.98 Å². The second kappa shape index (κ2) is 6.28. The van der Waals surface area contributed by atoms with Gasteiger partial charge in [0.05, 0.1) is 6.04 Å². The van der Waals surface area contributed by atoms with Gasteiger partial charge in [-0.1, -0.05) is 18.2 Å². The number of nitrogens with zero attached hydrogens (tertiary/aromatic N) is 1. The maximum Gasteiger partial charge on any atom is 0.127 e. The monoisotopic (exact) mass is 292 g/mol. The summed E-state index contributed by atoms with van der Waals surface area (Å²) in [7, 11) is 0. The lowest BCUT2D eigenvalue weighted by Crippen LogP contribution is -2.11. The fourth-order valence-corrected chi connectivity index (χ4v) is 2.15. The number of phenolic OH excluding ortho intramolecular Hbond substituents is 1. The normalized spacial score (nSPS) is 11.9. The molecule has 4 heteroatoms. The lowest BCUT2D eigenvalue weighted by Gasteiger charge is -2.13. The summed E-state index contributed by atoms with van der Waals surface area (Å²) in [6, 6.07) is 17.8. The van der Waals surface area contributed by atoms with Crippen molar-refractivity contribution < 1.29 is 9.84 Å². The molecule has 22 heavy (non-hydrogen) atoms. The van der Waals surface area contributed by atoms with Gasteiger partial charge in [-0.25, -0.2) is 0 Å². The summed E-state index contributed by atoms with van der Waals surface area (Å²) < 4.78 is 5.71. The lowest BCUT2D eigenvalue weighted by molar-refractivity contribution is 0.464. The van der Waals surface area contributed by atoms with E-state index in [1.165, 1.54) is 0 Å². The van der Waals surface area contributed by atoms with Crippen molar-refractivity contribution in [3.63, 3.8) is 0 Å². The minimum absolute atomic E-state index is 0.212. The van der Waals surface area contributed by atoms with Crippen LogP contribution in [0.2, 0.25) is 0 Å². The predicted octanol–water partition coefficient (Wildman–Crippen LogP) is 3.63. The molecule has 1 unspecified atom stereocenters. The Hall–Kier alpha value is -2.85. The quantitative estimate of drug-likeness (QED) is 0.770. The van der Waals surface area contributed by atoms with E-state index in [1.807, 2.05) is 36.4 Å². The Kier molecular flexibility index (Phi) is 4.03. The minimum Gasteiger partial charge on any atom is -0.508 e. The Balaban J connectivity index is 1.74. The van der Waals surface area contributed by atoms with E-state index in [4.69, 9.17) is 10.5 Å². The highest BCUT2D eigenvalue weighted by Gasteiger charge is 2.09. The zero-order valence-electron chi connectivity index (χ0n) is 11.9. The summed E-state index contributed by atoms with van der Waals surface area (Å²) in [5.74, 6) is 1.60. The molecule has 3 aromatic rings. The number of aromatic hydroxyl groups is 1. The Morgan fingerprint density at radius 1 is 0.864 bits per heavy atom. The van der Waals surface area contributed by atoms with Crippen molar-refractivity contribution in [2.24, 2.45) is 5.73 Å². The van der Waals surface area contributed by atoms with Gasteiger partial charge in [-0.15, -0.1) is 0 Å². The van der Waals surface area contributed by atoms with Gasteiger partial charge in [-0.3, -0.25) is 4.98 Å². The Morgan fingerprint density at radius 2 is 1.50 bits per heavy atom. The van der Waals surface area contributed by atoms with Crippen molar-refractivity contribution in [3.8, 4) is 17.2 Å². The van der Waals surface area contributed by atoms with Crippen molar-refractivity contribution in [1.29, 1.82) is 0 Å². The third-order valence-electron chi connectivity index (χ3n) is 3.36. The van der Waals surface area contributed by atoms with Crippen LogP contribution in [-0.4, -0.2) is 10.1 Å². The van der Waals surface area contributed by atoms with Gasteiger partial charge >= 0.3 is 0 Å². The molecule has 0 fully saturated rings. The van der Waals surface area contributed by atoms with Crippen molar-refractivity contribution in [2.75, 3.05) is 0 Å². The second-order valence-electron chi connectivity index (χ2n) is 4.93. The number of rotatable bonds is 4. The first kappa shape index (κ1) is 14.1. The molecular formula is C18H16N2O2. The smallest absolute Gasteiger partial charge is 0.127 e. The molecule has 0 aliphatic rings. The molecule has 3 N–H and O–H groups in total. The molecule has 0 aliphatic heterocycles. The molecule has 1 heterocycles. The first-order valence-electron chi connectivity index (χ1n) is 6.95. The van der Waals surface area contributed by atoms with E-state index in [1.54, 1.807) is 36.7 Å². The maximum atomic E-state index is 9.25. The van der Waals surface area contributed by atoms with E-state index < -0.39 is 0 Å². The molecule has 1 atom stereocenters. The van der Waals surface area contributed by atoms with Crippen LogP contribution in [0.4, 0.5) is 0 Å². The predicted molar refractivity (Wildman–Crippen MR) is 84.9 cm³/mol. The van der Waals surface area contributed by atoms with Crippen molar-refractivity contribution in [3.05, 3.63) is 84.2 Å². The summed E-state index contributed by atoms with van der Waals surface area (Å²) in [6.45, 7) is 0. The molecular weight excluding hydrogens is 276 g/mol. The number of ether oxygens (including phenoxy) is 1. The van der Waals surface area contributed by atoms with E-state index in [0.717, 1.165) is 11.1 Å². The highest BCUT2D eigenvalue weighted by atomic mass is 16.5. The highest BCUT2D eigenvalue weighted by Crippen LogP contribution is 2.26. The fraction of sp³-hybridized carbons (Fsp3) is 0.0556. The first-order valence-corrected chi connectivity index (χ1v) is 6.95. The standard InChI is InChI=1S/C18H16N2O2/c19-18(14-2-1-11-20-12-14)13-3-7-16(8-4-13)22-17-9-5-15(21)6-10-17/h1-12,18,21H,19H2. The van der Waals surface area contributed by atoms with Crippen molar-refractivity contribution >= 4 is 0 Å². The Labute approximate surface area is 128 Å². The van der Waals surface area contributed by atoms with Crippen LogP contribution in [0.5, 0.6) is 17.2 Å². The molecule has 0 spiro atoms. The summed E-state index contributed by atoms with van der Waals surface area (Å²) >= 11 is 0. The van der Waals surface area contributed by atoms with Gasteiger partial charge in [0.25, 0.3) is 0 Å². The highest BCUT2D eigenvalue weighted by molar-refractivity contribution is 5.38. The molecule has 0 radical (unpaired) electrons. The molecule has 0 bridgehead atoms. The van der Waals surface area contributed by atoms with Crippen LogP contribution in [-0.2, 0) is 0 Å². The number of hydrogen-bond donors (Lipinski definition) is 2. The van der Waals surface area contributed by atoms with Gasteiger partial charge in [0, 0.05) is 12.4 Å². The van der Waals surface area contributed by atoms with E-state index >= 15 is 0 Å². The first-order chi connectivity index (χ1) is 10.7. The molecule has 2 aromatic carbocycles. The number of pyridine rings is 1. The Bertz CT molecular complexity index is 725. The van der Waals surface area contributed by atoms with Gasteiger partial charge in [-0.2, -0.15) is 0 Å². The van der Waals surface area contributed by atoms with Crippen LogP contribution in [0.3, 0.4) is 0 Å². The van der Waals surface area contributed by atoms with Gasteiger partial charge in [0.15, 0.2) is 0 Å². The zero-order valence-corrected chi connectivity index (χ0v) is 11.9. The molecule has 4 nitrogen and oxygen atoms in total. The summed E-state index contributed by atoms with van der Waals surface area (Å²) in [5.41, 5.74) is 8.19. The molecule has 3 rings (SSSR count). The average molecular weight is 292 g/mol. The molecule has 1 aromatic heterocycles.